The number of aryl methyl sites for hydroxylation is 1. The highest BCUT2D eigenvalue weighted by atomic mass is 79.9. The number of nitrogens with zero attached hydrogens (tertiary/aromatic N) is 3. The molecule has 1 amide bonds. The normalized spacial score (nSPS) is 11.0. The molecule has 0 unspecified atom stereocenters. The van der Waals surface area contributed by atoms with Crippen molar-refractivity contribution in [3.8, 4) is 0 Å². The number of benzene rings is 1. The van der Waals surface area contributed by atoms with Gasteiger partial charge in [0.15, 0.2) is 5.69 Å². The molecular formula is C12H9BrCl2N4O. The average molecular weight is 376 g/mol. The average Bonchev–Trinajstić information content (AvgIpc) is 2.71. The number of hydrazone groups is 1. The number of hydrogen-bond acceptors (Lipinski definition) is 3. The van der Waals surface area contributed by atoms with Crippen LogP contribution in [0.4, 0.5) is 0 Å². The van der Waals surface area contributed by atoms with Gasteiger partial charge >= 0.3 is 0 Å². The SMILES string of the molecule is Cn1cc(Br)c(C(=O)NN=Cc2ccc(Cl)cc2Cl)n1. The summed E-state index contributed by atoms with van der Waals surface area (Å²) in [5, 5.41) is 8.83. The second kappa shape index (κ2) is 6.39. The molecule has 0 aliphatic heterocycles. The molecule has 8 heteroatoms. The van der Waals surface area contributed by atoms with Crippen LogP contribution in [0, 0.1) is 0 Å². The summed E-state index contributed by atoms with van der Waals surface area (Å²) in [4.78, 5) is 11.8. The van der Waals surface area contributed by atoms with E-state index in [2.05, 4.69) is 31.6 Å². The minimum atomic E-state index is -0.418. The summed E-state index contributed by atoms with van der Waals surface area (Å²) in [6.45, 7) is 0. The van der Waals surface area contributed by atoms with Crippen molar-refractivity contribution in [2.24, 2.45) is 12.1 Å². The molecule has 0 aliphatic rings. The van der Waals surface area contributed by atoms with E-state index < -0.39 is 5.91 Å². The predicted molar refractivity (Wildman–Crippen MR) is 82.4 cm³/mol. The van der Waals surface area contributed by atoms with Gasteiger partial charge in [-0.3, -0.25) is 9.48 Å². The van der Waals surface area contributed by atoms with Gasteiger partial charge in [-0.05, 0) is 28.1 Å². The summed E-state index contributed by atoms with van der Waals surface area (Å²) in [6, 6.07) is 4.99. The number of aromatic nitrogens is 2. The van der Waals surface area contributed by atoms with Gasteiger partial charge in [0.1, 0.15) is 0 Å². The number of hydrogen-bond donors (Lipinski definition) is 1. The van der Waals surface area contributed by atoms with E-state index in [0.29, 0.717) is 20.1 Å². The fraction of sp³-hybridized carbons (Fsp3) is 0.0833. The lowest BCUT2D eigenvalue weighted by Crippen LogP contribution is -2.19. The molecule has 1 N–H and O–H groups in total. The van der Waals surface area contributed by atoms with E-state index in [1.807, 2.05) is 0 Å². The van der Waals surface area contributed by atoms with Crippen LogP contribution in [0.5, 0.6) is 0 Å². The van der Waals surface area contributed by atoms with Crippen molar-refractivity contribution in [2.45, 2.75) is 0 Å². The first-order valence-electron chi connectivity index (χ1n) is 5.45. The zero-order chi connectivity index (χ0) is 14.7. The third-order valence-corrected chi connectivity index (χ3v) is 3.47. The molecule has 0 aliphatic carbocycles. The molecule has 0 saturated carbocycles. The summed E-state index contributed by atoms with van der Waals surface area (Å²) < 4.78 is 2.12. The van der Waals surface area contributed by atoms with E-state index in [1.54, 1.807) is 31.4 Å². The molecule has 0 atom stereocenters. The molecule has 5 nitrogen and oxygen atoms in total. The van der Waals surface area contributed by atoms with Gasteiger partial charge in [0.2, 0.25) is 0 Å². The molecule has 0 bridgehead atoms. The third-order valence-electron chi connectivity index (χ3n) is 2.33. The smallest absolute Gasteiger partial charge is 0.274 e. The summed E-state index contributed by atoms with van der Waals surface area (Å²) in [6.07, 6.45) is 3.11. The van der Waals surface area contributed by atoms with Gasteiger partial charge in [-0.25, -0.2) is 5.43 Å². The van der Waals surface area contributed by atoms with Gasteiger partial charge in [0, 0.05) is 23.8 Å². The fourth-order valence-corrected chi connectivity index (χ4v) is 2.45. The Hall–Kier alpha value is -1.37. The first-order valence-corrected chi connectivity index (χ1v) is 7.00. The molecule has 1 aromatic carbocycles. The largest absolute Gasteiger partial charge is 0.293 e. The first kappa shape index (κ1) is 15.0. The van der Waals surface area contributed by atoms with Crippen LogP contribution in [-0.4, -0.2) is 21.9 Å². The lowest BCUT2D eigenvalue weighted by molar-refractivity contribution is 0.0948. The highest BCUT2D eigenvalue weighted by Crippen LogP contribution is 2.19. The first-order chi connectivity index (χ1) is 9.47. The Balaban J connectivity index is 2.06. The van der Waals surface area contributed by atoms with E-state index in [-0.39, 0.29) is 5.69 Å². The van der Waals surface area contributed by atoms with Gasteiger partial charge < -0.3 is 0 Å². The maximum Gasteiger partial charge on any atom is 0.293 e. The Morgan fingerprint density at radius 1 is 1.50 bits per heavy atom. The molecule has 2 aromatic rings. The van der Waals surface area contributed by atoms with E-state index in [4.69, 9.17) is 23.2 Å². The molecule has 0 radical (unpaired) electrons. The quantitative estimate of drug-likeness (QED) is 0.661. The number of amides is 1. The van der Waals surface area contributed by atoms with Crippen LogP contribution in [-0.2, 0) is 7.05 Å². The van der Waals surface area contributed by atoms with Crippen molar-refractivity contribution in [3.63, 3.8) is 0 Å². The Labute approximate surface area is 133 Å². The highest BCUT2D eigenvalue weighted by Gasteiger charge is 2.13. The lowest BCUT2D eigenvalue weighted by atomic mass is 10.2. The summed E-state index contributed by atoms with van der Waals surface area (Å²) in [7, 11) is 1.72. The third kappa shape index (κ3) is 3.59. The Morgan fingerprint density at radius 2 is 2.25 bits per heavy atom. The van der Waals surface area contributed by atoms with Crippen molar-refractivity contribution < 1.29 is 4.79 Å². The molecule has 0 saturated heterocycles. The van der Waals surface area contributed by atoms with Crippen LogP contribution in [0.1, 0.15) is 16.1 Å². The van der Waals surface area contributed by atoms with E-state index >= 15 is 0 Å². The van der Waals surface area contributed by atoms with Crippen LogP contribution in [0.25, 0.3) is 0 Å². The molecular weight excluding hydrogens is 367 g/mol. The Morgan fingerprint density at radius 3 is 2.85 bits per heavy atom. The van der Waals surface area contributed by atoms with Gasteiger partial charge in [0.25, 0.3) is 5.91 Å². The molecule has 0 fully saturated rings. The number of carbonyl (C=O) groups is 1. The van der Waals surface area contributed by atoms with Crippen LogP contribution in [0.15, 0.2) is 34.0 Å². The number of halogens is 3. The van der Waals surface area contributed by atoms with E-state index in [0.717, 1.165) is 0 Å². The highest BCUT2D eigenvalue weighted by molar-refractivity contribution is 9.10. The maximum absolute atomic E-state index is 11.8. The van der Waals surface area contributed by atoms with Gasteiger partial charge in [0.05, 0.1) is 15.7 Å². The monoisotopic (exact) mass is 374 g/mol. The van der Waals surface area contributed by atoms with Crippen molar-refractivity contribution in [2.75, 3.05) is 0 Å². The van der Waals surface area contributed by atoms with Crippen molar-refractivity contribution in [1.82, 2.24) is 15.2 Å². The maximum atomic E-state index is 11.8. The van der Waals surface area contributed by atoms with Gasteiger partial charge in [-0.15, -0.1) is 0 Å². The minimum Gasteiger partial charge on any atom is -0.274 e. The second-order valence-corrected chi connectivity index (χ2v) is 5.56. The Kier molecular flexibility index (Phi) is 4.80. The fourth-order valence-electron chi connectivity index (χ4n) is 1.43. The number of rotatable bonds is 3. The standard InChI is InChI=1S/C12H9BrCl2N4O/c1-19-6-9(13)11(18-19)12(20)17-16-5-7-2-3-8(14)4-10(7)15/h2-6H,1H3,(H,17,20). The molecule has 0 spiro atoms. The van der Waals surface area contributed by atoms with Crippen molar-refractivity contribution >= 4 is 51.3 Å². The topological polar surface area (TPSA) is 59.3 Å². The van der Waals surface area contributed by atoms with Gasteiger partial charge in [-0.2, -0.15) is 10.2 Å². The zero-order valence-electron chi connectivity index (χ0n) is 10.3. The Bertz CT molecular complexity index is 684. The van der Waals surface area contributed by atoms with Crippen molar-refractivity contribution in [3.05, 3.63) is 50.2 Å². The zero-order valence-corrected chi connectivity index (χ0v) is 13.4. The van der Waals surface area contributed by atoms with Crippen LogP contribution < -0.4 is 5.43 Å². The number of nitrogens with one attached hydrogen (secondary N) is 1. The molecule has 104 valence electrons. The molecule has 2 rings (SSSR count). The molecule has 20 heavy (non-hydrogen) atoms. The number of carbonyl (C=O) groups excluding carboxylic acids is 1. The second-order valence-electron chi connectivity index (χ2n) is 3.86. The molecule has 1 heterocycles. The van der Waals surface area contributed by atoms with Crippen LogP contribution >= 0.6 is 39.1 Å². The van der Waals surface area contributed by atoms with Crippen molar-refractivity contribution in [1.29, 1.82) is 0 Å². The van der Waals surface area contributed by atoms with Crippen LogP contribution in [0.2, 0.25) is 10.0 Å². The molecule has 1 aromatic heterocycles. The van der Waals surface area contributed by atoms with Crippen LogP contribution in [0.3, 0.4) is 0 Å². The lowest BCUT2D eigenvalue weighted by Gasteiger charge is -1.99. The van der Waals surface area contributed by atoms with E-state index in [9.17, 15) is 4.79 Å². The van der Waals surface area contributed by atoms with Gasteiger partial charge in [-0.1, -0.05) is 29.3 Å². The summed E-state index contributed by atoms with van der Waals surface area (Å²) >= 11 is 15.0. The predicted octanol–water partition coefficient (Wildman–Crippen LogP) is 3.25. The summed E-state index contributed by atoms with van der Waals surface area (Å²) in [5.41, 5.74) is 3.28. The summed E-state index contributed by atoms with van der Waals surface area (Å²) in [5.74, 6) is -0.418. The van der Waals surface area contributed by atoms with E-state index in [1.165, 1.54) is 10.9 Å². The minimum absolute atomic E-state index is 0.256.